The summed E-state index contributed by atoms with van der Waals surface area (Å²) in [4.78, 5) is 8.61. The van der Waals surface area contributed by atoms with E-state index >= 15 is 0 Å². The van der Waals surface area contributed by atoms with Crippen LogP contribution < -0.4 is 0 Å². The van der Waals surface area contributed by atoms with Crippen molar-refractivity contribution in [1.29, 1.82) is 0 Å². The van der Waals surface area contributed by atoms with E-state index in [1.54, 1.807) is 12.4 Å². The Kier molecular flexibility index (Phi) is 5.06. The molecule has 0 saturated carbocycles. The molecule has 1 aromatic carbocycles. The van der Waals surface area contributed by atoms with E-state index in [4.69, 9.17) is 0 Å². The molecule has 0 bridgehead atoms. The molecule has 104 valence electrons. The molecule has 0 radical (unpaired) electrons. The quantitative estimate of drug-likeness (QED) is 0.596. The number of hydrogen-bond donors (Lipinski definition) is 0. The van der Waals surface area contributed by atoms with Crippen LogP contribution in [0.3, 0.4) is 0 Å². The highest BCUT2D eigenvalue weighted by Crippen LogP contribution is 2.24. The van der Waals surface area contributed by atoms with Crippen molar-refractivity contribution in [2.45, 2.75) is 20.8 Å². The fourth-order valence-electron chi connectivity index (χ4n) is 1.87. The average molecular weight is 274 g/mol. The van der Waals surface area contributed by atoms with Crippen LogP contribution in [-0.2, 0) is 0 Å². The first kappa shape index (κ1) is 14.7. The monoisotopic (exact) mass is 274 g/mol. The van der Waals surface area contributed by atoms with Crippen molar-refractivity contribution in [3.05, 3.63) is 72.7 Å². The van der Waals surface area contributed by atoms with E-state index in [-0.39, 0.29) is 0 Å². The van der Waals surface area contributed by atoms with Crippen molar-refractivity contribution in [1.82, 2.24) is 9.97 Å². The fourth-order valence-corrected chi connectivity index (χ4v) is 1.87. The first-order chi connectivity index (χ1) is 10.3. The van der Waals surface area contributed by atoms with Crippen LogP contribution in [0.15, 0.2) is 54.9 Å². The van der Waals surface area contributed by atoms with Crippen LogP contribution in [0.25, 0.3) is 22.0 Å². The second-order valence-electron chi connectivity index (χ2n) is 4.58. The molecule has 0 N–H and O–H groups in total. The van der Waals surface area contributed by atoms with Gasteiger partial charge in [-0.3, -0.25) is 9.97 Å². The van der Waals surface area contributed by atoms with Gasteiger partial charge in [-0.25, -0.2) is 0 Å². The topological polar surface area (TPSA) is 25.8 Å². The second kappa shape index (κ2) is 7.21. The van der Waals surface area contributed by atoms with Crippen molar-refractivity contribution in [3.8, 4) is 11.1 Å². The SMILES string of the molecule is C/C=C/C.Cc1ccc2c#ccc(-c3ccncc3)c2n1. The smallest absolute Gasteiger partial charge is 0.0874 e. The van der Waals surface area contributed by atoms with Crippen molar-refractivity contribution in [3.63, 3.8) is 0 Å². The summed E-state index contributed by atoms with van der Waals surface area (Å²) in [6.45, 7) is 5.99. The van der Waals surface area contributed by atoms with Gasteiger partial charge in [0, 0.05) is 23.7 Å². The van der Waals surface area contributed by atoms with Crippen LogP contribution in [0.1, 0.15) is 19.5 Å². The molecule has 0 saturated heterocycles. The Labute approximate surface area is 126 Å². The molecular formula is C19H18N2. The standard InChI is InChI=1S/C15H10N2.C4H8/c1-11-5-6-13-3-2-4-14(15(13)17-11)12-7-9-16-10-8-12;1-3-4-2/h4-10H,1H3;3-4H,1-2H3/b;4-3+. The molecule has 0 fully saturated rings. The molecule has 0 spiro atoms. The number of hydrogen-bond acceptors (Lipinski definition) is 2. The zero-order chi connectivity index (χ0) is 15.1. The molecule has 0 aliphatic rings. The number of allylic oxidation sites excluding steroid dienone is 2. The van der Waals surface area contributed by atoms with Gasteiger partial charge in [0.05, 0.1) is 10.9 Å². The van der Waals surface area contributed by atoms with Crippen LogP contribution in [0.4, 0.5) is 0 Å². The van der Waals surface area contributed by atoms with Gasteiger partial charge in [0.2, 0.25) is 0 Å². The van der Waals surface area contributed by atoms with Crippen LogP contribution in [-0.4, -0.2) is 9.97 Å². The Bertz CT molecular complexity index is 727. The number of pyridine rings is 2. The van der Waals surface area contributed by atoms with Crippen LogP contribution >= 0.6 is 0 Å². The third-order valence-corrected chi connectivity index (χ3v) is 3.04. The van der Waals surface area contributed by atoms with Crippen molar-refractivity contribution in [2.24, 2.45) is 0 Å². The molecule has 2 nitrogen and oxygen atoms in total. The van der Waals surface area contributed by atoms with Gasteiger partial charge in [-0.2, -0.15) is 0 Å². The largest absolute Gasteiger partial charge is 0.265 e. The third kappa shape index (κ3) is 3.67. The lowest BCUT2D eigenvalue weighted by molar-refractivity contribution is 1.25. The van der Waals surface area contributed by atoms with E-state index < -0.39 is 0 Å². The zero-order valence-corrected chi connectivity index (χ0v) is 12.6. The van der Waals surface area contributed by atoms with E-state index in [1.165, 1.54) is 0 Å². The first-order valence-electron chi connectivity index (χ1n) is 6.93. The van der Waals surface area contributed by atoms with Crippen LogP contribution in [0.2, 0.25) is 0 Å². The summed E-state index contributed by atoms with van der Waals surface area (Å²) < 4.78 is 0. The van der Waals surface area contributed by atoms with Gasteiger partial charge in [0.25, 0.3) is 0 Å². The minimum atomic E-state index is 0.968. The van der Waals surface area contributed by atoms with E-state index in [9.17, 15) is 0 Å². The Hall–Kier alpha value is -2.66. The summed E-state index contributed by atoms with van der Waals surface area (Å²) in [7, 11) is 0. The summed E-state index contributed by atoms with van der Waals surface area (Å²) in [6.07, 6.45) is 7.57. The van der Waals surface area contributed by atoms with Gasteiger partial charge >= 0.3 is 0 Å². The highest BCUT2D eigenvalue weighted by molar-refractivity contribution is 5.92. The fraction of sp³-hybridized carbons (Fsp3) is 0.158. The van der Waals surface area contributed by atoms with E-state index in [0.717, 1.165) is 27.7 Å². The molecule has 0 atom stereocenters. The molecule has 0 unspecified atom stereocenters. The van der Waals surface area contributed by atoms with Crippen LogP contribution in [0, 0.1) is 19.1 Å². The Balaban J connectivity index is 0.000000361. The highest BCUT2D eigenvalue weighted by Gasteiger charge is 2.04. The van der Waals surface area contributed by atoms with Gasteiger partial charge in [0.1, 0.15) is 0 Å². The molecule has 0 aliphatic carbocycles. The minimum Gasteiger partial charge on any atom is -0.265 e. The van der Waals surface area contributed by atoms with Crippen molar-refractivity contribution >= 4 is 10.9 Å². The van der Waals surface area contributed by atoms with Crippen molar-refractivity contribution < 1.29 is 0 Å². The molecular weight excluding hydrogens is 256 g/mol. The lowest BCUT2D eigenvalue weighted by Gasteiger charge is -2.03. The summed E-state index contributed by atoms with van der Waals surface area (Å²) in [5.41, 5.74) is 4.15. The van der Waals surface area contributed by atoms with Crippen LogP contribution in [0.5, 0.6) is 0 Å². The predicted molar refractivity (Wildman–Crippen MR) is 87.9 cm³/mol. The maximum Gasteiger partial charge on any atom is 0.0874 e. The minimum absolute atomic E-state index is 0.968. The highest BCUT2D eigenvalue weighted by atomic mass is 14.7. The van der Waals surface area contributed by atoms with E-state index in [1.807, 2.05) is 63.3 Å². The average Bonchev–Trinajstić information content (AvgIpc) is 2.55. The summed E-state index contributed by atoms with van der Waals surface area (Å²) >= 11 is 0. The second-order valence-corrected chi connectivity index (χ2v) is 4.58. The molecule has 2 aromatic heterocycles. The van der Waals surface area contributed by atoms with Crippen molar-refractivity contribution in [2.75, 3.05) is 0 Å². The normalized spacial score (nSPS) is 10.0. The van der Waals surface area contributed by atoms with Gasteiger partial charge in [-0.15, -0.1) is 0 Å². The summed E-state index contributed by atoms with van der Waals surface area (Å²) in [6, 6.07) is 16.0. The number of rotatable bonds is 1. The predicted octanol–water partition coefficient (Wildman–Crippen LogP) is 4.79. The summed E-state index contributed by atoms with van der Waals surface area (Å²) in [5.74, 6) is 0. The Morgan fingerprint density at radius 3 is 2.38 bits per heavy atom. The molecule has 2 heterocycles. The number of fused-ring (bicyclic) bond motifs is 1. The van der Waals surface area contributed by atoms with E-state index in [2.05, 4.69) is 22.1 Å². The maximum atomic E-state index is 4.58. The molecule has 0 amide bonds. The van der Waals surface area contributed by atoms with Gasteiger partial charge in [0.15, 0.2) is 0 Å². The molecule has 3 aromatic rings. The first-order valence-corrected chi connectivity index (χ1v) is 6.93. The summed E-state index contributed by atoms with van der Waals surface area (Å²) in [5, 5.41) is 0.991. The molecule has 2 heteroatoms. The van der Waals surface area contributed by atoms with E-state index in [0.29, 0.717) is 0 Å². The molecule has 0 aliphatic heterocycles. The lowest BCUT2D eigenvalue weighted by Crippen LogP contribution is -1.86. The maximum absolute atomic E-state index is 4.58. The third-order valence-electron chi connectivity index (χ3n) is 3.04. The van der Waals surface area contributed by atoms with Gasteiger partial charge < -0.3 is 0 Å². The Morgan fingerprint density at radius 2 is 1.71 bits per heavy atom. The Morgan fingerprint density at radius 1 is 1.00 bits per heavy atom. The number of aryl methyl sites for hydroxylation is 1. The van der Waals surface area contributed by atoms with Gasteiger partial charge in [-0.1, -0.05) is 24.3 Å². The number of aromatic nitrogens is 2. The molecule has 3 rings (SSSR count). The lowest BCUT2D eigenvalue weighted by atomic mass is 10.0. The molecule has 21 heavy (non-hydrogen) atoms. The number of nitrogens with zero attached hydrogens (tertiary/aromatic N) is 2. The van der Waals surface area contributed by atoms with Gasteiger partial charge in [-0.05, 0) is 56.7 Å². The zero-order valence-electron chi connectivity index (χ0n) is 12.6.